The molecule has 0 bridgehead atoms. The van der Waals surface area contributed by atoms with Crippen LogP contribution in [-0.4, -0.2) is 31.9 Å². The van der Waals surface area contributed by atoms with E-state index in [1.165, 1.54) is 6.21 Å². The van der Waals surface area contributed by atoms with Crippen molar-refractivity contribution in [2.45, 2.75) is 20.0 Å². The number of hydrogen-bond donors (Lipinski definition) is 1. The van der Waals surface area contributed by atoms with Gasteiger partial charge in [-0.1, -0.05) is 23.7 Å². The summed E-state index contributed by atoms with van der Waals surface area (Å²) in [6, 6.07) is 12.2. The maximum Gasteiger partial charge on any atom is 0.277 e. The van der Waals surface area contributed by atoms with Gasteiger partial charge in [0.05, 0.1) is 19.4 Å². The summed E-state index contributed by atoms with van der Waals surface area (Å²) in [5.41, 5.74) is 3.10. The summed E-state index contributed by atoms with van der Waals surface area (Å²) in [5.74, 6) is 1.28. The predicted octanol–water partition coefficient (Wildman–Crippen LogP) is 3.66. The highest BCUT2D eigenvalue weighted by molar-refractivity contribution is 6.30. The molecule has 0 heterocycles. The first kappa shape index (κ1) is 19.6. The number of para-hydroxylation sites is 1. The summed E-state index contributed by atoms with van der Waals surface area (Å²) in [6.45, 7) is 3.66. The minimum absolute atomic E-state index is 0.0286. The molecule has 2 rings (SSSR count). The molecule has 0 radical (unpaired) electrons. The lowest BCUT2D eigenvalue weighted by molar-refractivity contribution is -0.123. The van der Waals surface area contributed by atoms with E-state index in [2.05, 4.69) is 10.5 Å². The van der Waals surface area contributed by atoms with Crippen LogP contribution in [0.1, 0.15) is 19.4 Å². The average molecular weight is 377 g/mol. The van der Waals surface area contributed by atoms with Gasteiger partial charge in [0.2, 0.25) is 0 Å². The predicted molar refractivity (Wildman–Crippen MR) is 101 cm³/mol. The third-order valence-electron chi connectivity index (χ3n) is 3.14. The number of hydrogen-bond acceptors (Lipinski definition) is 5. The number of benzene rings is 2. The summed E-state index contributed by atoms with van der Waals surface area (Å²) in [7, 11) is 1.57. The first-order chi connectivity index (χ1) is 12.5. The first-order valence-electron chi connectivity index (χ1n) is 8.03. The fourth-order valence-electron chi connectivity index (χ4n) is 2.07. The Morgan fingerprint density at radius 2 is 2.04 bits per heavy atom. The van der Waals surface area contributed by atoms with E-state index in [4.69, 9.17) is 25.8 Å². The van der Waals surface area contributed by atoms with E-state index in [-0.39, 0.29) is 12.7 Å². The Morgan fingerprint density at radius 3 is 2.73 bits per heavy atom. The number of methoxy groups -OCH3 is 1. The van der Waals surface area contributed by atoms with Crippen LogP contribution in [0, 0.1) is 0 Å². The number of rotatable bonds is 8. The minimum atomic E-state index is -0.393. The van der Waals surface area contributed by atoms with Crippen LogP contribution in [0.4, 0.5) is 0 Å². The number of nitrogens with one attached hydrogen (secondary N) is 1. The number of ether oxygens (including phenoxy) is 3. The van der Waals surface area contributed by atoms with Gasteiger partial charge >= 0.3 is 0 Å². The molecule has 0 unspecified atom stereocenters. The van der Waals surface area contributed by atoms with Crippen LogP contribution in [0.2, 0.25) is 5.02 Å². The van der Waals surface area contributed by atoms with Crippen molar-refractivity contribution in [3.63, 3.8) is 0 Å². The Labute approximate surface area is 157 Å². The number of hydrazone groups is 1. The summed E-state index contributed by atoms with van der Waals surface area (Å²) in [5, 5.41) is 4.49. The van der Waals surface area contributed by atoms with Crippen molar-refractivity contribution in [2.24, 2.45) is 5.10 Å². The van der Waals surface area contributed by atoms with Crippen LogP contribution in [0.5, 0.6) is 17.2 Å². The van der Waals surface area contributed by atoms with Crippen molar-refractivity contribution in [1.29, 1.82) is 0 Å². The van der Waals surface area contributed by atoms with Gasteiger partial charge in [0.15, 0.2) is 18.1 Å². The number of carbonyl (C=O) groups is 1. The number of halogens is 1. The maximum absolute atomic E-state index is 11.8. The van der Waals surface area contributed by atoms with Crippen LogP contribution in [-0.2, 0) is 4.79 Å². The first-order valence-corrected chi connectivity index (χ1v) is 8.41. The smallest absolute Gasteiger partial charge is 0.277 e. The molecule has 7 heteroatoms. The van der Waals surface area contributed by atoms with Crippen LogP contribution < -0.4 is 19.6 Å². The van der Waals surface area contributed by atoms with E-state index >= 15 is 0 Å². The lowest BCUT2D eigenvalue weighted by atomic mass is 10.2. The summed E-state index contributed by atoms with van der Waals surface area (Å²) in [6.07, 6.45) is 1.47. The van der Waals surface area contributed by atoms with Gasteiger partial charge < -0.3 is 14.2 Å². The standard InChI is InChI=1S/C19H21ClN2O4/c1-13(2)26-19-14(6-4-9-17(19)24-3)11-21-22-18(23)12-25-16-8-5-7-15(20)10-16/h4-11,13H,12H2,1-3H3,(H,22,23)/b21-11+. The molecule has 138 valence electrons. The molecule has 0 saturated heterocycles. The second-order valence-corrected chi connectivity index (χ2v) is 6.02. The summed E-state index contributed by atoms with van der Waals surface area (Å²) in [4.78, 5) is 11.8. The second kappa shape index (κ2) is 9.68. The Morgan fingerprint density at radius 1 is 1.27 bits per heavy atom. The fraction of sp³-hybridized carbons (Fsp3) is 0.263. The van der Waals surface area contributed by atoms with Crippen molar-refractivity contribution in [3.05, 3.63) is 53.1 Å². The molecule has 0 fully saturated rings. The van der Waals surface area contributed by atoms with E-state index in [1.54, 1.807) is 37.4 Å². The molecule has 0 aliphatic rings. The zero-order valence-electron chi connectivity index (χ0n) is 14.9. The molecule has 26 heavy (non-hydrogen) atoms. The van der Waals surface area contributed by atoms with Crippen molar-refractivity contribution in [1.82, 2.24) is 5.43 Å². The van der Waals surface area contributed by atoms with Gasteiger partial charge in [-0.25, -0.2) is 5.43 Å². The molecular weight excluding hydrogens is 356 g/mol. The Hall–Kier alpha value is -2.73. The van der Waals surface area contributed by atoms with Gasteiger partial charge in [-0.3, -0.25) is 4.79 Å². The third kappa shape index (κ3) is 5.97. The highest BCUT2D eigenvalue weighted by Crippen LogP contribution is 2.30. The molecule has 0 aliphatic heterocycles. The van der Waals surface area contributed by atoms with Crippen LogP contribution >= 0.6 is 11.6 Å². The topological polar surface area (TPSA) is 69.2 Å². The maximum atomic E-state index is 11.8. The van der Waals surface area contributed by atoms with E-state index in [0.717, 1.165) is 0 Å². The van der Waals surface area contributed by atoms with Crippen LogP contribution in [0.15, 0.2) is 47.6 Å². The summed E-state index contributed by atoms with van der Waals surface area (Å²) >= 11 is 5.86. The Balaban J connectivity index is 1.96. The van der Waals surface area contributed by atoms with Gasteiger partial charge in [-0.05, 0) is 44.2 Å². The lowest BCUT2D eigenvalue weighted by Gasteiger charge is -2.15. The zero-order chi connectivity index (χ0) is 18.9. The number of amides is 1. The van der Waals surface area contributed by atoms with Crippen molar-refractivity contribution in [2.75, 3.05) is 13.7 Å². The highest BCUT2D eigenvalue weighted by Gasteiger charge is 2.11. The molecule has 6 nitrogen and oxygen atoms in total. The molecular formula is C19H21ClN2O4. The highest BCUT2D eigenvalue weighted by atomic mass is 35.5. The monoisotopic (exact) mass is 376 g/mol. The summed E-state index contributed by atoms with van der Waals surface area (Å²) < 4.78 is 16.4. The van der Waals surface area contributed by atoms with Gasteiger partial charge in [0.25, 0.3) is 5.91 Å². The fourth-order valence-corrected chi connectivity index (χ4v) is 2.25. The SMILES string of the molecule is COc1cccc(/C=N/NC(=O)COc2cccc(Cl)c2)c1OC(C)C. The number of nitrogens with zero attached hydrogens (tertiary/aromatic N) is 1. The van der Waals surface area contributed by atoms with Crippen molar-refractivity contribution >= 4 is 23.7 Å². The average Bonchev–Trinajstić information content (AvgIpc) is 2.61. The molecule has 1 amide bonds. The molecule has 2 aromatic rings. The largest absolute Gasteiger partial charge is 0.493 e. The van der Waals surface area contributed by atoms with E-state index in [0.29, 0.717) is 27.8 Å². The van der Waals surface area contributed by atoms with E-state index in [1.807, 2.05) is 26.0 Å². The van der Waals surface area contributed by atoms with Crippen LogP contribution in [0.25, 0.3) is 0 Å². The molecule has 0 aromatic heterocycles. The molecule has 0 spiro atoms. The van der Waals surface area contributed by atoms with Crippen molar-refractivity contribution < 1.29 is 19.0 Å². The number of carbonyl (C=O) groups excluding carboxylic acids is 1. The molecule has 2 aromatic carbocycles. The quantitative estimate of drug-likeness (QED) is 0.563. The lowest BCUT2D eigenvalue weighted by Crippen LogP contribution is -2.24. The molecule has 1 N–H and O–H groups in total. The van der Waals surface area contributed by atoms with Gasteiger partial charge in [-0.15, -0.1) is 0 Å². The molecule has 0 aliphatic carbocycles. The Kier molecular flexibility index (Phi) is 7.29. The minimum Gasteiger partial charge on any atom is -0.493 e. The second-order valence-electron chi connectivity index (χ2n) is 5.58. The third-order valence-corrected chi connectivity index (χ3v) is 3.38. The van der Waals surface area contributed by atoms with E-state index in [9.17, 15) is 4.79 Å². The normalized spacial score (nSPS) is 10.8. The Bertz CT molecular complexity index is 778. The zero-order valence-corrected chi connectivity index (χ0v) is 15.6. The van der Waals surface area contributed by atoms with Crippen molar-refractivity contribution in [3.8, 4) is 17.2 Å². The van der Waals surface area contributed by atoms with Gasteiger partial charge in [0, 0.05) is 10.6 Å². The van der Waals surface area contributed by atoms with Crippen LogP contribution in [0.3, 0.4) is 0 Å². The van der Waals surface area contributed by atoms with Gasteiger partial charge in [-0.2, -0.15) is 5.10 Å². The molecule has 0 saturated carbocycles. The van der Waals surface area contributed by atoms with Gasteiger partial charge in [0.1, 0.15) is 5.75 Å². The van der Waals surface area contributed by atoms with E-state index < -0.39 is 5.91 Å². The molecule has 0 atom stereocenters.